The maximum absolute atomic E-state index is 3.56. The third-order valence-corrected chi connectivity index (χ3v) is 5.55. The van der Waals surface area contributed by atoms with Crippen molar-refractivity contribution in [3.8, 4) is 0 Å². The second-order valence-corrected chi connectivity index (χ2v) is 7.62. The first-order chi connectivity index (χ1) is 8.06. The molecule has 0 saturated carbocycles. The Morgan fingerprint density at radius 1 is 1.29 bits per heavy atom. The lowest BCUT2D eigenvalue weighted by molar-refractivity contribution is 0.906. The van der Waals surface area contributed by atoms with Crippen LogP contribution < -0.4 is 5.32 Å². The van der Waals surface area contributed by atoms with Crippen LogP contribution in [0.4, 0.5) is 5.69 Å². The Labute approximate surface area is 135 Å². The number of hydrogen-bond donors (Lipinski definition) is 1. The van der Waals surface area contributed by atoms with Gasteiger partial charge in [-0.05, 0) is 85.6 Å². The Hall–Kier alpha value is 0.410. The number of hydrogen-bond acceptors (Lipinski definition) is 2. The molecule has 0 fully saturated rings. The van der Waals surface area contributed by atoms with Crippen molar-refractivity contribution in [3.63, 3.8) is 0 Å². The molecule has 0 aliphatic carbocycles. The third kappa shape index (κ3) is 3.68. The van der Waals surface area contributed by atoms with Crippen molar-refractivity contribution < 1.29 is 0 Å². The summed E-state index contributed by atoms with van der Waals surface area (Å²) in [5.74, 6) is 0. The highest BCUT2D eigenvalue weighted by Gasteiger charge is 2.09. The zero-order valence-corrected chi connectivity index (χ0v) is 15.2. The lowest BCUT2D eigenvalue weighted by Crippen LogP contribution is -2.05. The molecular formula is C12H10Br2INS. The number of nitrogens with one attached hydrogen (secondary N) is 1. The van der Waals surface area contributed by atoms with Crippen LogP contribution in [0.3, 0.4) is 0 Å². The van der Waals surface area contributed by atoms with Gasteiger partial charge in [0.25, 0.3) is 0 Å². The average Bonchev–Trinajstić information content (AvgIpc) is 2.70. The zero-order chi connectivity index (χ0) is 12.4. The Morgan fingerprint density at radius 3 is 2.71 bits per heavy atom. The quantitative estimate of drug-likeness (QED) is 0.521. The van der Waals surface area contributed by atoms with Crippen LogP contribution in [0.5, 0.6) is 0 Å². The summed E-state index contributed by atoms with van der Waals surface area (Å²) in [6.07, 6.45) is 0. The third-order valence-electron chi connectivity index (χ3n) is 2.31. The highest BCUT2D eigenvalue weighted by atomic mass is 127. The van der Waals surface area contributed by atoms with Gasteiger partial charge in [-0.3, -0.25) is 0 Å². The van der Waals surface area contributed by atoms with Crippen molar-refractivity contribution >= 4 is 71.5 Å². The van der Waals surface area contributed by atoms with E-state index in [1.54, 1.807) is 11.3 Å². The Morgan fingerprint density at radius 2 is 2.06 bits per heavy atom. The number of halogens is 3. The summed E-state index contributed by atoms with van der Waals surface area (Å²) in [7, 11) is 0. The molecule has 0 saturated heterocycles. The van der Waals surface area contributed by atoms with Crippen LogP contribution in [0, 0.1) is 3.57 Å². The van der Waals surface area contributed by atoms with Crippen LogP contribution in [0.2, 0.25) is 0 Å². The van der Waals surface area contributed by atoms with Crippen molar-refractivity contribution in [1.29, 1.82) is 0 Å². The molecule has 2 rings (SSSR count). The molecule has 1 aromatic carbocycles. The highest BCUT2D eigenvalue weighted by Crippen LogP contribution is 2.31. The number of thiophene rings is 1. The maximum atomic E-state index is 3.56. The molecule has 1 N–H and O–H groups in total. The predicted molar refractivity (Wildman–Crippen MR) is 90.9 cm³/mol. The fourth-order valence-corrected chi connectivity index (χ4v) is 3.77. The SMILES string of the molecule is CC(Nc1cc(I)ccc1Br)c1cc(Br)cs1. The van der Waals surface area contributed by atoms with Gasteiger partial charge in [-0.2, -0.15) is 0 Å². The topological polar surface area (TPSA) is 12.0 Å². The smallest absolute Gasteiger partial charge is 0.0579 e. The van der Waals surface area contributed by atoms with Gasteiger partial charge < -0.3 is 5.32 Å². The number of benzene rings is 1. The van der Waals surface area contributed by atoms with Gasteiger partial charge in [-0.15, -0.1) is 11.3 Å². The summed E-state index contributed by atoms with van der Waals surface area (Å²) in [5.41, 5.74) is 1.13. The van der Waals surface area contributed by atoms with Gasteiger partial charge in [-0.1, -0.05) is 0 Å². The van der Waals surface area contributed by atoms with E-state index in [1.807, 2.05) is 0 Å². The van der Waals surface area contributed by atoms with E-state index >= 15 is 0 Å². The first kappa shape index (κ1) is 13.8. The van der Waals surface area contributed by atoms with E-state index in [1.165, 1.54) is 8.45 Å². The normalized spacial score (nSPS) is 12.5. The largest absolute Gasteiger partial charge is 0.377 e. The van der Waals surface area contributed by atoms with Crippen LogP contribution in [0.1, 0.15) is 17.8 Å². The minimum absolute atomic E-state index is 0.306. The van der Waals surface area contributed by atoms with Gasteiger partial charge in [0, 0.05) is 28.5 Å². The monoisotopic (exact) mass is 485 g/mol. The summed E-state index contributed by atoms with van der Waals surface area (Å²) < 4.78 is 3.47. The number of rotatable bonds is 3. The van der Waals surface area contributed by atoms with E-state index in [0.29, 0.717) is 6.04 Å². The van der Waals surface area contributed by atoms with Gasteiger partial charge in [0.15, 0.2) is 0 Å². The average molecular weight is 487 g/mol. The Kier molecular flexibility index (Phi) is 4.91. The van der Waals surface area contributed by atoms with Crippen molar-refractivity contribution in [3.05, 3.63) is 47.0 Å². The molecule has 90 valence electrons. The van der Waals surface area contributed by atoms with E-state index in [2.05, 4.69) is 96.3 Å². The molecule has 1 nitrogen and oxygen atoms in total. The van der Waals surface area contributed by atoms with Crippen LogP contribution >= 0.6 is 65.8 Å². The van der Waals surface area contributed by atoms with Crippen molar-refractivity contribution in [2.75, 3.05) is 5.32 Å². The van der Waals surface area contributed by atoms with Gasteiger partial charge in [-0.25, -0.2) is 0 Å². The van der Waals surface area contributed by atoms with E-state index in [0.717, 1.165) is 14.6 Å². The van der Waals surface area contributed by atoms with Crippen molar-refractivity contribution in [2.24, 2.45) is 0 Å². The molecule has 0 radical (unpaired) electrons. The minimum atomic E-state index is 0.306. The van der Waals surface area contributed by atoms with Gasteiger partial charge in [0.05, 0.1) is 6.04 Å². The second-order valence-electron chi connectivity index (χ2n) is 3.66. The molecule has 0 spiro atoms. The molecule has 0 aliphatic rings. The standard InChI is InChI=1S/C12H10Br2INS/c1-7(12-4-8(13)6-17-12)16-11-5-9(15)2-3-10(11)14/h2-7,16H,1H3. The van der Waals surface area contributed by atoms with Crippen LogP contribution in [0.25, 0.3) is 0 Å². The van der Waals surface area contributed by atoms with Crippen LogP contribution in [-0.4, -0.2) is 0 Å². The van der Waals surface area contributed by atoms with Gasteiger partial charge >= 0.3 is 0 Å². The molecule has 1 heterocycles. The van der Waals surface area contributed by atoms with E-state index in [9.17, 15) is 0 Å². The summed E-state index contributed by atoms with van der Waals surface area (Å²) in [5, 5.41) is 5.63. The summed E-state index contributed by atoms with van der Waals surface area (Å²) in [6, 6.07) is 8.76. The maximum Gasteiger partial charge on any atom is 0.0579 e. The molecule has 1 atom stereocenters. The van der Waals surface area contributed by atoms with E-state index in [-0.39, 0.29) is 0 Å². The fraction of sp³-hybridized carbons (Fsp3) is 0.167. The van der Waals surface area contributed by atoms with Crippen LogP contribution in [0.15, 0.2) is 38.6 Å². The molecular weight excluding hydrogens is 477 g/mol. The van der Waals surface area contributed by atoms with E-state index < -0.39 is 0 Å². The minimum Gasteiger partial charge on any atom is -0.377 e. The van der Waals surface area contributed by atoms with E-state index in [4.69, 9.17) is 0 Å². The molecule has 1 unspecified atom stereocenters. The first-order valence-corrected chi connectivity index (χ1v) is 8.56. The van der Waals surface area contributed by atoms with Crippen molar-refractivity contribution in [2.45, 2.75) is 13.0 Å². The lowest BCUT2D eigenvalue weighted by atomic mass is 10.2. The van der Waals surface area contributed by atoms with Gasteiger partial charge in [0.1, 0.15) is 0 Å². The molecule has 1 aromatic heterocycles. The van der Waals surface area contributed by atoms with Gasteiger partial charge in [0.2, 0.25) is 0 Å². The Balaban J connectivity index is 2.18. The first-order valence-electron chi connectivity index (χ1n) is 5.02. The summed E-state index contributed by atoms with van der Waals surface area (Å²) in [6.45, 7) is 2.17. The molecule has 0 amide bonds. The molecule has 0 bridgehead atoms. The summed E-state index contributed by atoms with van der Waals surface area (Å²) >= 11 is 11.1. The summed E-state index contributed by atoms with van der Waals surface area (Å²) in [4.78, 5) is 1.32. The second kappa shape index (κ2) is 6.04. The Bertz CT molecular complexity index is 527. The fourth-order valence-electron chi connectivity index (χ4n) is 1.47. The zero-order valence-electron chi connectivity index (χ0n) is 9.01. The molecule has 0 aliphatic heterocycles. The number of anilines is 1. The predicted octanol–water partition coefficient (Wildman–Crippen LogP) is 6.05. The highest BCUT2D eigenvalue weighted by molar-refractivity contribution is 14.1. The molecule has 2 aromatic rings. The van der Waals surface area contributed by atoms with Crippen LogP contribution in [-0.2, 0) is 0 Å². The molecule has 5 heteroatoms. The van der Waals surface area contributed by atoms with Crippen molar-refractivity contribution in [1.82, 2.24) is 0 Å². The molecule has 17 heavy (non-hydrogen) atoms. The lowest BCUT2D eigenvalue weighted by Gasteiger charge is -2.15.